The second-order valence-electron chi connectivity index (χ2n) is 5.84. The number of anilines is 1. The lowest BCUT2D eigenvalue weighted by molar-refractivity contribution is -0.141. The number of piperazine rings is 1. The predicted octanol–water partition coefficient (Wildman–Crippen LogP) is 1.87. The molecule has 1 aliphatic rings. The lowest BCUT2D eigenvalue weighted by Crippen LogP contribution is -2.49. The van der Waals surface area contributed by atoms with Crippen LogP contribution in [0.4, 0.5) is 19.1 Å². The molecule has 138 valence electrons. The van der Waals surface area contributed by atoms with E-state index in [1.54, 1.807) is 4.90 Å². The van der Waals surface area contributed by atoms with Crippen LogP contribution in [0.15, 0.2) is 24.4 Å². The smallest absolute Gasteiger partial charge is 0.433 e. The maximum Gasteiger partial charge on any atom is 0.433 e. The Morgan fingerprint density at radius 3 is 2.50 bits per heavy atom. The molecule has 0 atom stereocenters. The molecule has 3 rings (SSSR count). The molecule has 1 amide bonds. The van der Waals surface area contributed by atoms with Crippen LogP contribution in [0.2, 0.25) is 0 Å². The van der Waals surface area contributed by atoms with Gasteiger partial charge in [-0.2, -0.15) is 13.2 Å². The number of aromatic nitrogens is 3. The SMILES string of the molecule is Cc1cc(C(F)(F)F)nc(N2CCN(C(=O)c3ncccc3O)CC2)n1. The number of halogens is 3. The minimum atomic E-state index is -4.54. The molecule has 7 nitrogen and oxygen atoms in total. The van der Waals surface area contributed by atoms with Crippen LogP contribution in [-0.2, 0) is 6.18 Å². The van der Waals surface area contributed by atoms with Crippen LogP contribution in [0.1, 0.15) is 21.9 Å². The minimum Gasteiger partial charge on any atom is -0.505 e. The summed E-state index contributed by atoms with van der Waals surface area (Å²) >= 11 is 0. The molecule has 0 unspecified atom stereocenters. The van der Waals surface area contributed by atoms with E-state index in [2.05, 4.69) is 15.0 Å². The summed E-state index contributed by atoms with van der Waals surface area (Å²) < 4.78 is 38.7. The second-order valence-corrected chi connectivity index (χ2v) is 5.84. The van der Waals surface area contributed by atoms with E-state index < -0.39 is 17.8 Å². The number of hydrogen-bond donors (Lipinski definition) is 1. The topological polar surface area (TPSA) is 82.5 Å². The average molecular weight is 367 g/mol. The molecule has 1 fully saturated rings. The molecule has 2 aromatic heterocycles. The number of carbonyl (C=O) groups excluding carboxylic acids is 1. The van der Waals surface area contributed by atoms with Gasteiger partial charge in [0.15, 0.2) is 5.69 Å². The van der Waals surface area contributed by atoms with Gasteiger partial charge >= 0.3 is 6.18 Å². The molecule has 26 heavy (non-hydrogen) atoms. The summed E-state index contributed by atoms with van der Waals surface area (Å²) in [5.41, 5.74) is -0.816. The third-order valence-electron chi connectivity index (χ3n) is 3.97. The van der Waals surface area contributed by atoms with Crippen molar-refractivity contribution in [2.45, 2.75) is 13.1 Å². The van der Waals surface area contributed by atoms with Gasteiger partial charge in [0.2, 0.25) is 5.95 Å². The van der Waals surface area contributed by atoms with Gasteiger partial charge in [0.1, 0.15) is 11.4 Å². The van der Waals surface area contributed by atoms with Crippen molar-refractivity contribution in [3.63, 3.8) is 0 Å². The van der Waals surface area contributed by atoms with E-state index in [1.165, 1.54) is 30.2 Å². The number of rotatable bonds is 2. The highest BCUT2D eigenvalue weighted by molar-refractivity contribution is 5.94. The van der Waals surface area contributed by atoms with Gasteiger partial charge < -0.3 is 14.9 Å². The monoisotopic (exact) mass is 367 g/mol. The zero-order valence-corrected chi connectivity index (χ0v) is 13.9. The molecule has 1 saturated heterocycles. The van der Waals surface area contributed by atoms with Crippen LogP contribution in [0.3, 0.4) is 0 Å². The number of carbonyl (C=O) groups is 1. The second kappa shape index (κ2) is 6.77. The van der Waals surface area contributed by atoms with Gasteiger partial charge in [-0.1, -0.05) is 0 Å². The maximum absolute atomic E-state index is 12.9. The van der Waals surface area contributed by atoms with Gasteiger partial charge in [-0.15, -0.1) is 0 Å². The van der Waals surface area contributed by atoms with Crippen LogP contribution in [0.25, 0.3) is 0 Å². The fraction of sp³-hybridized carbons (Fsp3) is 0.375. The van der Waals surface area contributed by atoms with E-state index in [-0.39, 0.29) is 49.3 Å². The third kappa shape index (κ3) is 3.68. The minimum absolute atomic E-state index is 0.00916. The lowest BCUT2D eigenvalue weighted by atomic mass is 10.2. The highest BCUT2D eigenvalue weighted by atomic mass is 19.4. The Bertz CT molecular complexity index is 820. The van der Waals surface area contributed by atoms with Gasteiger partial charge in [0.25, 0.3) is 5.91 Å². The van der Waals surface area contributed by atoms with E-state index in [0.717, 1.165) is 6.07 Å². The van der Waals surface area contributed by atoms with E-state index in [1.807, 2.05) is 0 Å². The Kier molecular flexibility index (Phi) is 4.66. The van der Waals surface area contributed by atoms with Crippen molar-refractivity contribution in [1.29, 1.82) is 0 Å². The molecule has 1 aliphatic heterocycles. The van der Waals surface area contributed by atoms with Gasteiger partial charge in [-0.05, 0) is 25.1 Å². The molecule has 1 N–H and O–H groups in total. The van der Waals surface area contributed by atoms with Crippen LogP contribution in [-0.4, -0.2) is 57.0 Å². The number of aryl methyl sites for hydroxylation is 1. The first kappa shape index (κ1) is 17.9. The maximum atomic E-state index is 12.9. The number of amides is 1. The summed E-state index contributed by atoms with van der Waals surface area (Å²) in [7, 11) is 0. The summed E-state index contributed by atoms with van der Waals surface area (Å²) in [5.74, 6) is -0.647. The van der Waals surface area contributed by atoms with Gasteiger partial charge in [-0.3, -0.25) is 4.79 Å². The molecule has 10 heteroatoms. The van der Waals surface area contributed by atoms with E-state index >= 15 is 0 Å². The Labute approximate surface area is 147 Å². The van der Waals surface area contributed by atoms with Crippen molar-refractivity contribution in [1.82, 2.24) is 19.9 Å². The third-order valence-corrected chi connectivity index (χ3v) is 3.97. The van der Waals surface area contributed by atoms with Crippen molar-refractivity contribution in [3.05, 3.63) is 41.5 Å². The standard InChI is InChI=1S/C16H16F3N5O2/c1-10-9-12(16(17,18)19)22-15(21-10)24-7-5-23(6-8-24)14(26)13-11(25)3-2-4-20-13/h2-4,9,25H,5-8H2,1H3. The van der Waals surface area contributed by atoms with Gasteiger partial charge in [0.05, 0.1) is 0 Å². The molecule has 0 aliphatic carbocycles. The normalized spacial score (nSPS) is 15.2. The lowest BCUT2D eigenvalue weighted by Gasteiger charge is -2.34. The summed E-state index contributed by atoms with van der Waals surface area (Å²) in [5, 5.41) is 9.73. The van der Waals surface area contributed by atoms with Crippen molar-refractivity contribution >= 4 is 11.9 Å². The molecule has 0 saturated carbocycles. The molecular weight excluding hydrogens is 351 g/mol. The largest absolute Gasteiger partial charge is 0.505 e. The Hall–Kier alpha value is -2.91. The van der Waals surface area contributed by atoms with Crippen molar-refractivity contribution in [3.8, 4) is 5.75 Å². The first-order valence-corrected chi connectivity index (χ1v) is 7.87. The molecule has 0 bridgehead atoms. The fourth-order valence-corrected chi connectivity index (χ4v) is 2.66. The van der Waals surface area contributed by atoms with E-state index in [9.17, 15) is 23.1 Å². The summed E-state index contributed by atoms with van der Waals surface area (Å²) in [4.78, 5) is 27.0. The van der Waals surface area contributed by atoms with Crippen molar-refractivity contribution in [2.75, 3.05) is 31.1 Å². The fourth-order valence-electron chi connectivity index (χ4n) is 2.66. The highest BCUT2D eigenvalue weighted by Gasteiger charge is 2.34. The molecule has 0 radical (unpaired) electrons. The molecule has 0 spiro atoms. The Balaban J connectivity index is 1.72. The number of aromatic hydroxyl groups is 1. The number of pyridine rings is 1. The predicted molar refractivity (Wildman–Crippen MR) is 85.8 cm³/mol. The Morgan fingerprint density at radius 1 is 1.19 bits per heavy atom. The van der Waals surface area contributed by atoms with Crippen molar-refractivity contribution < 1.29 is 23.1 Å². The van der Waals surface area contributed by atoms with Crippen molar-refractivity contribution in [2.24, 2.45) is 0 Å². The molecular formula is C16H16F3N5O2. The van der Waals surface area contributed by atoms with Crippen LogP contribution in [0.5, 0.6) is 5.75 Å². The molecule has 3 heterocycles. The van der Waals surface area contributed by atoms with Crippen LogP contribution in [0, 0.1) is 6.92 Å². The van der Waals surface area contributed by atoms with Crippen LogP contribution >= 0.6 is 0 Å². The molecule has 2 aromatic rings. The zero-order valence-electron chi connectivity index (χ0n) is 13.9. The average Bonchev–Trinajstić information content (AvgIpc) is 2.60. The Morgan fingerprint density at radius 2 is 1.88 bits per heavy atom. The van der Waals surface area contributed by atoms with Gasteiger partial charge in [-0.25, -0.2) is 15.0 Å². The first-order valence-electron chi connectivity index (χ1n) is 7.87. The zero-order chi connectivity index (χ0) is 18.9. The summed E-state index contributed by atoms with van der Waals surface area (Å²) in [6, 6.07) is 3.78. The summed E-state index contributed by atoms with van der Waals surface area (Å²) in [6.07, 6.45) is -3.14. The van der Waals surface area contributed by atoms with Crippen LogP contribution < -0.4 is 4.90 Å². The number of alkyl halides is 3. The summed E-state index contributed by atoms with van der Waals surface area (Å²) in [6.45, 7) is 2.55. The quantitative estimate of drug-likeness (QED) is 0.873. The highest BCUT2D eigenvalue weighted by Crippen LogP contribution is 2.29. The number of hydrogen-bond acceptors (Lipinski definition) is 6. The van der Waals surface area contributed by atoms with Gasteiger partial charge in [0, 0.05) is 38.1 Å². The van der Waals surface area contributed by atoms with E-state index in [0.29, 0.717) is 0 Å². The molecule has 0 aromatic carbocycles. The first-order chi connectivity index (χ1) is 12.3. The number of nitrogens with zero attached hydrogens (tertiary/aromatic N) is 5. The van der Waals surface area contributed by atoms with E-state index in [4.69, 9.17) is 0 Å².